The normalized spacial score (nSPS) is 9.85. The van der Waals surface area contributed by atoms with Crippen LogP contribution in [0.5, 0.6) is 0 Å². The molecule has 1 amide bonds. The van der Waals surface area contributed by atoms with Crippen molar-refractivity contribution in [2.45, 2.75) is 6.61 Å². The van der Waals surface area contributed by atoms with Gasteiger partial charge in [-0.3, -0.25) is 10.1 Å². The molecule has 0 atom stereocenters. The van der Waals surface area contributed by atoms with E-state index in [0.717, 1.165) is 11.6 Å². The van der Waals surface area contributed by atoms with Crippen LogP contribution in [0.15, 0.2) is 48.5 Å². The Labute approximate surface area is 115 Å². The lowest BCUT2D eigenvalue weighted by molar-refractivity contribution is 0.112. The van der Waals surface area contributed by atoms with E-state index in [0.29, 0.717) is 6.29 Å². The van der Waals surface area contributed by atoms with Crippen molar-refractivity contribution in [3.05, 3.63) is 65.5 Å². The van der Waals surface area contributed by atoms with Crippen LogP contribution >= 0.6 is 0 Å². The van der Waals surface area contributed by atoms with E-state index in [2.05, 4.69) is 5.32 Å². The van der Waals surface area contributed by atoms with E-state index < -0.39 is 11.9 Å². The number of ether oxygens (including phenoxy) is 1. The highest BCUT2D eigenvalue weighted by molar-refractivity contribution is 5.85. The monoisotopic (exact) mass is 273 g/mol. The van der Waals surface area contributed by atoms with E-state index in [1.54, 1.807) is 0 Å². The minimum absolute atomic E-state index is 0.0618. The quantitative estimate of drug-likeness (QED) is 0.869. The Hall–Kier alpha value is -2.69. The van der Waals surface area contributed by atoms with E-state index in [9.17, 15) is 14.0 Å². The van der Waals surface area contributed by atoms with Crippen molar-refractivity contribution < 1.29 is 18.7 Å². The van der Waals surface area contributed by atoms with Gasteiger partial charge in [-0.25, -0.2) is 9.18 Å². The number of hydrogen-bond donors (Lipinski definition) is 1. The summed E-state index contributed by atoms with van der Waals surface area (Å²) in [7, 11) is 0. The number of halogens is 1. The van der Waals surface area contributed by atoms with Gasteiger partial charge in [-0.05, 0) is 23.8 Å². The molecule has 1 N–H and O–H groups in total. The number of carbonyl (C=O) groups is 2. The predicted molar refractivity (Wildman–Crippen MR) is 72.0 cm³/mol. The number of rotatable bonds is 4. The standard InChI is InChI=1S/C15H12FNO3/c16-14-8-13(7-6-12(14)9-18)17-15(19)20-10-11-4-2-1-3-5-11/h1-9H,10H2,(H,17,19). The van der Waals surface area contributed by atoms with Crippen molar-refractivity contribution in [2.24, 2.45) is 0 Å². The Morgan fingerprint density at radius 1 is 1.20 bits per heavy atom. The van der Waals surface area contributed by atoms with Gasteiger partial charge in [-0.15, -0.1) is 0 Å². The summed E-state index contributed by atoms with van der Waals surface area (Å²) in [6.07, 6.45) is -0.278. The number of nitrogens with one attached hydrogen (secondary N) is 1. The lowest BCUT2D eigenvalue weighted by atomic mass is 10.2. The van der Waals surface area contributed by atoms with Gasteiger partial charge in [0.1, 0.15) is 12.4 Å². The SMILES string of the molecule is O=Cc1ccc(NC(=O)OCc2ccccc2)cc1F. The Morgan fingerprint density at radius 2 is 1.95 bits per heavy atom. The highest BCUT2D eigenvalue weighted by Gasteiger charge is 2.07. The van der Waals surface area contributed by atoms with Crippen LogP contribution in [0.25, 0.3) is 0 Å². The smallest absolute Gasteiger partial charge is 0.411 e. The fourth-order valence-electron chi connectivity index (χ4n) is 1.58. The first-order valence-corrected chi connectivity index (χ1v) is 5.91. The Morgan fingerprint density at radius 3 is 2.60 bits per heavy atom. The number of amides is 1. The number of hydrogen-bond acceptors (Lipinski definition) is 3. The van der Waals surface area contributed by atoms with Gasteiger partial charge in [0.25, 0.3) is 0 Å². The highest BCUT2D eigenvalue weighted by atomic mass is 19.1. The Bertz CT molecular complexity index is 614. The van der Waals surface area contributed by atoms with Crippen LogP contribution in [0.4, 0.5) is 14.9 Å². The van der Waals surface area contributed by atoms with E-state index in [1.165, 1.54) is 12.1 Å². The van der Waals surface area contributed by atoms with Crippen molar-refractivity contribution >= 4 is 18.1 Å². The first-order chi connectivity index (χ1) is 9.69. The number of anilines is 1. The van der Waals surface area contributed by atoms with E-state index in [-0.39, 0.29) is 17.9 Å². The molecule has 0 aromatic heterocycles. The van der Waals surface area contributed by atoms with Crippen LogP contribution in [0, 0.1) is 5.82 Å². The molecule has 0 aliphatic carbocycles. The minimum atomic E-state index is -0.694. The number of aldehydes is 1. The average molecular weight is 273 g/mol. The van der Waals surface area contributed by atoms with Crippen LogP contribution in [-0.2, 0) is 11.3 Å². The molecule has 0 aliphatic heterocycles. The molecule has 0 bridgehead atoms. The van der Waals surface area contributed by atoms with Gasteiger partial charge in [0.05, 0.1) is 5.56 Å². The molecule has 5 heteroatoms. The zero-order chi connectivity index (χ0) is 14.4. The zero-order valence-corrected chi connectivity index (χ0v) is 10.5. The van der Waals surface area contributed by atoms with Crippen molar-refractivity contribution in [2.75, 3.05) is 5.32 Å². The Balaban J connectivity index is 1.91. The molecule has 0 saturated heterocycles. The molecule has 4 nitrogen and oxygen atoms in total. The highest BCUT2D eigenvalue weighted by Crippen LogP contribution is 2.13. The summed E-state index contributed by atoms with van der Waals surface area (Å²) in [4.78, 5) is 22.0. The first-order valence-electron chi connectivity index (χ1n) is 5.91. The van der Waals surface area contributed by atoms with E-state index >= 15 is 0 Å². The van der Waals surface area contributed by atoms with E-state index in [4.69, 9.17) is 4.74 Å². The summed E-state index contributed by atoms with van der Waals surface area (Å²) in [5.41, 5.74) is 1.02. The maximum absolute atomic E-state index is 13.3. The van der Waals surface area contributed by atoms with Gasteiger partial charge >= 0.3 is 6.09 Å². The molecule has 2 aromatic rings. The summed E-state index contributed by atoms with van der Waals surface area (Å²) in [5.74, 6) is -0.694. The molecule has 0 unspecified atom stereocenters. The van der Waals surface area contributed by atoms with Crippen LogP contribution < -0.4 is 5.32 Å². The van der Waals surface area contributed by atoms with E-state index in [1.807, 2.05) is 30.3 Å². The molecule has 0 radical (unpaired) electrons. The number of carbonyl (C=O) groups excluding carboxylic acids is 2. The maximum Gasteiger partial charge on any atom is 0.411 e. The largest absolute Gasteiger partial charge is 0.444 e. The molecule has 102 valence electrons. The van der Waals surface area contributed by atoms with Crippen LogP contribution in [-0.4, -0.2) is 12.4 Å². The molecule has 20 heavy (non-hydrogen) atoms. The summed E-state index contributed by atoms with van der Waals surface area (Å²) in [6, 6.07) is 13.0. The fraction of sp³-hybridized carbons (Fsp3) is 0.0667. The number of benzene rings is 2. The topological polar surface area (TPSA) is 55.4 Å². The first kappa shape index (κ1) is 13.7. The molecule has 2 aromatic carbocycles. The molecule has 0 saturated carbocycles. The molecule has 0 aliphatic rings. The third-order valence-corrected chi connectivity index (χ3v) is 2.59. The molecular weight excluding hydrogens is 261 g/mol. The second kappa shape index (κ2) is 6.47. The van der Waals surface area contributed by atoms with Gasteiger partial charge in [0.15, 0.2) is 6.29 Å². The van der Waals surface area contributed by atoms with Crippen molar-refractivity contribution in [1.29, 1.82) is 0 Å². The van der Waals surface area contributed by atoms with Gasteiger partial charge in [-0.2, -0.15) is 0 Å². The fourth-order valence-corrected chi connectivity index (χ4v) is 1.58. The van der Waals surface area contributed by atoms with Crippen molar-refractivity contribution in [3.63, 3.8) is 0 Å². The second-order valence-electron chi connectivity index (χ2n) is 4.04. The molecular formula is C15H12FNO3. The molecule has 0 fully saturated rings. The Kier molecular flexibility index (Phi) is 4.44. The van der Waals surface area contributed by atoms with Gasteiger partial charge in [-0.1, -0.05) is 30.3 Å². The molecule has 2 rings (SSSR count). The summed E-state index contributed by atoms with van der Waals surface area (Å²) < 4.78 is 18.3. The zero-order valence-electron chi connectivity index (χ0n) is 10.5. The average Bonchev–Trinajstić information content (AvgIpc) is 2.46. The third-order valence-electron chi connectivity index (χ3n) is 2.59. The predicted octanol–water partition coefficient (Wildman–Crippen LogP) is 3.39. The van der Waals surface area contributed by atoms with Crippen molar-refractivity contribution in [3.8, 4) is 0 Å². The maximum atomic E-state index is 13.3. The molecule has 0 heterocycles. The summed E-state index contributed by atoms with van der Waals surface area (Å²) in [6.45, 7) is 0.127. The second-order valence-corrected chi connectivity index (χ2v) is 4.04. The minimum Gasteiger partial charge on any atom is -0.444 e. The van der Waals surface area contributed by atoms with Gasteiger partial charge in [0.2, 0.25) is 0 Å². The van der Waals surface area contributed by atoms with Crippen LogP contribution in [0.1, 0.15) is 15.9 Å². The van der Waals surface area contributed by atoms with Crippen LogP contribution in [0.2, 0.25) is 0 Å². The van der Waals surface area contributed by atoms with Crippen molar-refractivity contribution in [1.82, 2.24) is 0 Å². The summed E-state index contributed by atoms with van der Waals surface area (Å²) in [5, 5.41) is 2.39. The molecule has 0 spiro atoms. The lowest BCUT2D eigenvalue weighted by Crippen LogP contribution is -2.13. The summed E-state index contributed by atoms with van der Waals surface area (Å²) >= 11 is 0. The lowest BCUT2D eigenvalue weighted by Gasteiger charge is -2.07. The third kappa shape index (κ3) is 3.65. The van der Waals surface area contributed by atoms with Gasteiger partial charge in [0, 0.05) is 5.69 Å². The van der Waals surface area contributed by atoms with Crippen LogP contribution in [0.3, 0.4) is 0 Å². The van der Waals surface area contributed by atoms with Gasteiger partial charge < -0.3 is 4.74 Å².